The van der Waals surface area contributed by atoms with E-state index >= 15 is 0 Å². The Bertz CT molecular complexity index is 3730. The Morgan fingerprint density at radius 3 is 1.37 bits per heavy atom. The van der Waals surface area contributed by atoms with Crippen molar-refractivity contribution in [1.82, 2.24) is 52.6 Å². The summed E-state index contributed by atoms with van der Waals surface area (Å²) in [5.74, 6) is 3.75. The number of rotatable bonds is 12. The highest BCUT2D eigenvalue weighted by molar-refractivity contribution is 8.00. The molecule has 0 bridgehead atoms. The largest absolute Gasteiger partial charge is 0.332 e. The minimum Gasteiger partial charge on any atom is -0.275 e. The highest BCUT2D eigenvalue weighted by Crippen LogP contribution is 2.35. The molecule has 0 N–H and O–H groups in total. The Balaban J connectivity index is 0.000000191. The fourth-order valence-electron chi connectivity index (χ4n) is 7.85. The molecule has 0 aliphatic heterocycles. The molecule has 4 aromatic carbocycles. The first-order valence-electron chi connectivity index (χ1n) is 22.8. The van der Waals surface area contributed by atoms with E-state index in [1.54, 1.807) is 31.1 Å². The minimum atomic E-state index is -2.31. The summed E-state index contributed by atoms with van der Waals surface area (Å²) < 4.78 is 23.1. The lowest BCUT2D eigenvalue weighted by molar-refractivity contribution is 0.336. The molecule has 16 nitrogen and oxygen atoms in total. The van der Waals surface area contributed by atoms with E-state index in [0.29, 0.717) is 63.2 Å². The van der Waals surface area contributed by atoms with Crippen molar-refractivity contribution < 1.29 is 4.21 Å². The third-order valence-corrected chi connectivity index (χ3v) is 14.7. The predicted molar refractivity (Wildman–Crippen MR) is 284 cm³/mol. The van der Waals surface area contributed by atoms with Crippen LogP contribution >= 0.6 is 23.5 Å². The van der Waals surface area contributed by atoms with E-state index in [9.17, 15) is 23.4 Å². The van der Waals surface area contributed by atoms with Gasteiger partial charge in [-0.3, -0.25) is 41.4 Å². The van der Waals surface area contributed by atoms with Crippen molar-refractivity contribution in [2.24, 2.45) is 24.9 Å². The second-order valence-electron chi connectivity index (χ2n) is 19.9. The molecule has 0 amide bonds. The molecule has 5 aromatic heterocycles. The molecule has 0 spiro atoms. The summed E-state index contributed by atoms with van der Waals surface area (Å²) in [7, 11) is 0.731. The van der Waals surface area contributed by atoms with Gasteiger partial charge in [0.25, 0.3) is 11.1 Å². The fourth-order valence-corrected chi connectivity index (χ4v) is 10.6. The van der Waals surface area contributed by atoms with Crippen LogP contribution < -0.4 is 22.5 Å². The summed E-state index contributed by atoms with van der Waals surface area (Å²) in [6.07, 6.45) is 4.75. The summed E-state index contributed by atoms with van der Waals surface area (Å²) in [6, 6.07) is 35.0. The first-order chi connectivity index (χ1) is 33.6. The van der Waals surface area contributed by atoms with E-state index in [1.807, 2.05) is 135 Å². The summed E-state index contributed by atoms with van der Waals surface area (Å²) >= 11 is 2.92. The molecule has 9 rings (SSSR count). The third-order valence-electron chi connectivity index (χ3n) is 11.2. The number of benzene rings is 4. The first kappa shape index (κ1) is 50.4. The predicted octanol–water partition coefficient (Wildman–Crippen LogP) is 7.57. The number of aromatic nitrogens is 11. The van der Waals surface area contributed by atoms with Gasteiger partial charge in [0.2, 0.25) is 0 Å². The maximum Gasteiger partial charge on any atom is 0.332 e. The lowest BCUT2D eigenvalue weighted by atomic mass is 9.97. The Morgan fingerprint density at radius 1 is 0.592 bits per heavy atom. The van der Waals surface area contributed by atoms with Crippen LogP contribution in [0.15, 0.2) is 166 Å². The van der Waals surface area contributed by atoms with E-state index in [0.717, 1.165) is 31.2 Å². The van der Waals surface area contributed by atoms with Crippen molar-refractivity contribution >= 4 is 61.0 Å². The van der Waals surface area contributed by atoms with Crippen LogP contribution in [-0.2, 0) is 49.8 Å². The lowest BCUT2D eigenvalue weighted by Crippen LogP contribution is -2.40. The van der Waals surface area contributed by atoms with Gasteiger partial charge in [-0.15, -0.1) is 0 Å². The van der Waals surface area contributed by atoms with Crippen LogP contribution in [0.2, 0.25) is 0 Å². The van der Waals surface area contributed by atoms with Crippen LogP contribution in [0.5, 0.6) is 0 Å². The normalized spacial score (nSPS) is 12.8. The summed E-state index contributed by atoms with van der Waals surface area (Å²) in [6.45, 7) is 14.0. The van der Waals surface area contributed by atoms with Gasteiger partial charge < -0.3 is 0 Å². The Kier molecular flexibility index (Phi) is 14.2. The highest BCUT2D eigenvalue weighted by Gasteiger charge is 2.26. The van der Waals surface area contributed by atoms with Crippen LogP contribution in [0.25, 0.3) is 27.8 Å². The smallest absolute Gasteiger partial charge is 0.275 e. The monoisotopic (exact) mass is 1010 g/mol. The molecule has 368 valence electrons. The topological polar surface area (TPSA) is 171 Å². The molecule has 1 atom stereocenters. The molecule has 0 saturated heterocycles. The van der Waals surface area contributed by atoms with Crippen LogP contribution in [0, 0.1) is 10.8 Å². The molecular weight excluding hydrogens is 955 g/mol. The highest BCUT2D eigenvalue weighted by atomic mass is 32.2. The maximum atomic E-state index is 13.4. The second kappa shape index (κ2) is 20.0. The molecule has 1 unspecified atom stereocenters. The van der Waals surface area contributed by atoms with Crippen LogP contribution in [0.3, 0.4) is 0 Å². The van der Waals surface area contributed by atoms with Crippen LogP contribution in [-0.4, -0.2) is 68.9 Å². The number of hydrogen-bond donors (Lipinski definition) is 0. The van der Waals surface area contributed by atoms with E-state index in [1.165, 1.54) is 48.5 Å². The number of hydrogen-bond acceptors (Lipinski definition) is 11. The third kappa shape index (κ3) is 11.3. The molecule has 5 heterocycles. The molecule has 0 radical (unpaired) electrons. The summed E-state index contributed by atoms with van der Waals surface area (Å²) in [4.78, 5) is 59.6. The molecule has 9 aromatic rings. The standard InChI is InChI=1S/C26H27N7O2S.C26H30N4O3S2/c1-26(2,3)15-31-22-21(23(34)30(4)25(31)35)24(36-20-8-6-5-7-9-20)32(29-22)14-18-10-12-19(13-11-18)33-17-27-16-28-33;1-26(2,3)17-29-22-21(23(31)28(4)25(29)32)24(34-19-10-8-7-9-11-19)30(27-22)16-18-12-14-20(15-13-18)35(5,6)33/h5-13,16-17H,14-15H2,1-4H3;7-15H,5,16-17H2,1-4,6H3. The Labute approximate surface area is 419 Å². The number of fused-ring (bicyclic) bond motifs is 2. The zero-order chi connectivity index (χ0) is 51.0. The molecule has 0 fully saturated rings. The molecular formula is C52H57N11O5S3. The Morgan fingerprint density at radius 2 is 1.00 bits per heavy atom. The van der Waals surface area contributed by atoms with Gasteiger partial charge >= 0.3 is 11.4 Å². The van der Waals surface area contributed by atoms with E-state index < -0.39 is 9.52 Å². The van der Waals surface area contributed by atoms with Crippen molar-refractivity contribution in [3.05, 3.63) is 175 Å². The lowest BCUT2D eigenvalue weighted by Gasteiger charge is -2.20. The van der Waals surface area contributed by atoms with Crippen LogP contribution in [0.4, 0.5) is 0 Å². The quantitative estimate of drug-likeness (QED) is 0.111. The average molecular weight is 1010 g/mol. The van der Waals surface area contributed by atoms with Gasteiger partial charge in [0.05, 0.1) is 18.8 Å². The first-order valence-corrected chi connectivity index (χ1v) is 26.5. The van der Waals surface area contributed by atoms with Gasteiger partial charge in [0.1, 0.15) is 33.5 Å². The Hall–Kier alpha value is -6.96. The zero-order valence-electron chi connectivity index (χ0n) is 41.3. The maximum absolute atomic E-state index is 13.4. The second-order valence-corrected chi connectivity index (χ2v) is 24.5. The van der Waals surface area contributed by atoms with Crippen molar-refractivity contribution in [2.75, 3.05) is 6.26 Å². The molecule has 0 aliphatic carbocycles. The SMILES string of the molecule is C=S(C)(=O)c1ccc(Cn2nc3c(c2Sc2ccccc2)c(=O)n(C)c(=O)n3CC(C)(C)C)cc1.Cn1c(=O)c2c(Sc3ccccc3)n(Cc3ccc(-n4cncn4)cc3)nc2n(CC(C)(C)C)c1=O. The number of nitrogens with zero attached hydrogens (tertiary/aromatic N) is 11. The van der Waals surface area contributed by atoms with Crippen molar-refractivity contribution in [2.45, 2.75) is 92.5 Å². The molecule has 71 heavy (non-hydrogen) atoms. The molecule has 0 aliphatic rings. The summed E-state index contributed by atoms with van der Waals surface area (Å²) in [5, 5.41) is 16.1. The van der Waals surface area contributed by atoms with Gasteiger partial charge in [0.15, 0.2) is 11.3 Å². The molecule has 19 heteroatoms. The van der Waals surface area contributed by atoms with Crippen molar-refractivity contribution in [3.63, 3.8) is 0 Å². The molecule has 0 saturated carbocycles. The fraction of sp³-hybridized carbons (Fsp3) is 0.288. The van der Waals surface area contributed by atoms with Crippen molar-refractivity contribution in [1.29, 1.82) is 0 Å². The average Bonchev–Trinajstić information content (AvgIpc) is 4.07. The van der Waals surface area contributed by atoms with Gasteiger partial charge in [-0.25, -0.2) is 19.3 Å². The van der Waals surface area contributed by atoms with Gasteiger partial charge in [-0.2, -0.15) is 15.3 Å². The van der Waals surface area contributed by atoms with Gasteiger partial charge in [0, 0.05) is 48.1 Å². The van der Waals surface area contributed by atoms with Gasteiger partial charge in [-0.05, 0) is 85.9 Å². The zero-order valence-corrected chi connectivity index (χ0v) is 43.7. The van der Waals surface area contributed by atoms with E-state index in [-0.39, 0.29) is 33.3 Å². The summed E-state index contributed by atoms with van der Waals surface area (Å²) in [5.41, 5.74) is 1.82. The van der Waals surface area contributed by atoms with Crippen LogP contribution in [0.1, 0.15) is 52.7 Å². The van der Waals surface area contributed by atoms with E-state index in [4.69, 9.17) is 10.2 Å². The van der Waals surface area contributed by atoms with Crippen molar-refractivity contribution in [3.8, 4) is 5.69 Å². The minimum absolute atomic E-state index is 0.179. The van der Waals surface area contributed by atoms with E-state index in [2.05, 4.69) is 36.7 Å². The van der Waals surface area contributed by atoms with Gasteiger partial charge in [-0.1, -0.05) is 126 Å².